The Morgan fingerprint density at radius 2 is 1.78 bits per heavy atom. The summed E-state index contributed by atoms with van der Waals surface area (Å²) in [5, 5.41) is 0. The van der Waals surface area contributed by atoms with Crippen LogP contribution in [0.15, 0.2) is 23.9 Å². The molecule has 0 aromatic heterocycles. The fraction of sp³-hybridized carbons (Fsp3) is 0.375. The van der Waals surface area contributed by atoms with Crippen LogP contribution in [0.1, 0.15) is 17.3 Å². The summed E-state index contributed by atoms with van der Waals surface area (Å²) in [5.74, 6) is -0.205. The van der Waals surface area contributed by atoms with Crippen LogP contribution in [-0.4, -0.2) is 51.6 Å². The molecule has 23 heavy (non-hydrogen) atoms. The van der Waals surface area contributed by atoms with E-state index in [1.165, 1.54) is 20.4 Å². The molecule has 0 N–H and O–H groups in total. The van der Waals surface area contributed by atoms with Crippen molar-refractivity contribution >= 4 is 34.3 Å². The second-order valence-electron chi connectivity index (χ2n) is 4.74. The van der Waals surface area contributed by atoms with E-state index in [4.69, 9.17) is 14.2 Å². The van der Waals surface area contributed by atoms with Gasteiger partial charge in [-0.1, -0.05) is 0 Å². The average molecular weight is 433 g/mol. The largest absolute Gasteiger partial charge is 0.496 e. The molecule has 126 valence electrons. The molecular weight excluding hydrogens is 413 g/mol. The summed E-state index contributed by atoms with van der Waals surface area (Å²) in [6, 6.07) is 3.25. The zero-order valence-electron chi connectivity index (χ0n) is 13.8. The molecule has 0 bridgehead atoms. The molecule has 0 spiro atoms. The first-order valence-electron chi connectivity index (χ1n) is 6.87. The van der Waals surface area contributed by atoms with Gasteiger partial charge in [-0.05, 0) is 35.6 Å². The van der Waals surface area contributed by atoms with Gasteiger partial charge in [-0.2, -0.15) is 0 Å². The van der Waals surface area contributed by atoms with E-state index < -0.39 is 11.8 Å². The van der Waals surface area contributed by atoms with E-state index in [0.29, 0.717) is 11.5 Å². The fourth-order valence-electron chi connectivity index (χ4n) is 1.85. The number of rotatable bonds is 7. The first-order chi connectivity index (χ1) is 10.8. The number of ether oxygens (including phenoxy) is 3. The normalized spacial score (nSPS) is 11.0. The van der Waals surface area contributed by atoms with Crippen LogP contribution in [0.25, 0.3) is 0 Å². The van der Waals surface area contributed by atoms with Gasteiger partial charge in [0.15, 0.2) is 0 Å². The van der Waals surface area contributed by atoms with Crippen LogP contribution in [0.4, 0.5) is 0 Å². The van der Waals surface area contributed by atoms with Crippen molar-refractivity contribution in [2.45, 2.75) is 6.92 Å². The van der Waals surface area contributed by atoms with Crippen molar-refractivity contribution in [2.75, 3.05) is 34.9 Å². The highest BCUT2D eigenvalue weighted by molar-refractivity contribution is 14.1. The Bertz CT molecular complexity index is 625. The van der Waals surface area contributed by atoms with Crippen molar-refractivity contribution in [3.05, 3.63) is 33.0 Å². The maximum Gasteiger partial charge on any atom is 0.343 e. The standard InChI is InChI=1S/C16H20INO5/c1-6-23-16(20)11(9-18(2)3)15(19)10-7-12(17)14(22-5)8-13(10)21-4/h7-9H,6H2,1-5H3. The Hall–Kier alpha value is -1.77. The predicted molar refractivity (Wildman–Crippen MR) is 95.0 cm³/mol. The quantitative estimate of drug-likeness (QED) is 0.165. The van der Waals surface area contributed by atoms with E-state index in [1.54, 1.807) is 38.1 Å². The number of ketones is 1. The summed E-state index contributed by atoms with van der Waals surface area (Å²) in [6.45, 7) is 1.88. The molecule has 0 unspecified atom stereocenters. The Balaban J connectivity index is 3.39. The van der Waals surface area contributed by atoms with Crippen molar-refractivity contribution in [3.63, 3.8) is 0 Å². The molecular formula is C16H20INO5. The topological polar surface area (TPSA) is 65.1 Å². The molecule has 0 saturated heterocycles. The number of halogens is 1. The molecule has 0 fully saturated rings. The minimum atomic E-state index is -0.668. The Kier molecular flexibility index (Phi) is 7.34. The first kappa shape index (κ1) is 19.3. The number of carbonyl (C=O) groups is 2. The van der Waals surface area contributed by atoms with Gasteiger partial charge < -0.3 is 19.1 Å². The van der Waals surface area contributed by atoms with Crippen LogP contribution in [0.2, 0.25) is 0 Å². The van der Waals surface area contributed by atoms with E-state index >= 15 is 0 Å². The zero-order chi connectivity index (χ0) is 17.6. The highest BCUT2D eigenvalue weighted by Crippen LogP contribution is 2.31. The van der Waals surface area contributed by atoms with Gasteiger partial charge in [0.25, 0.3) is 0 Å². The fourth-order valence-corrected chi connectivity index (χ4v) is 2.54. The first-order valence-corrected chi connectivity index (χ1v) is 7.95. The van der Waals surface area contributed by atoms with E-state index in [-0.39, 0.29) is 17.7 Å². The molecule has 1 aromatic rings. The van der Waals surface area contributed by atoms with Crippen LogP contribution >= 0.6 is 22.6 Å². The van der Waals surface area contributed by atoms with Crippen molar-refractivity contribution in [3.8, 4) is 11.5 Å². The number of hydrogen-bond donors (Lipinski definition) is 0. The summed E-state index contributed by atoms with van der Waals surface area (Å²) in [4.78, 5) is 26.5. The number of methoxy groups -OCH3 is 2. The second-order valence-corrected chi connectivity index (χ2v) is 5.91. The van der Waals surface area contributed by atoms with Crippen molar-refractivity contribution in [1.82, 2.24) is 4.90 Å². The minimum absolute atomic E-state index is 0.0592. The highest BCUT2D eigenvalue weighted by atomic mass is 127. The number of carbonyl (C=O) groups excluding carboxylic acids is 2. The van der Waals surface area contributed by atoms with Crippen LogP contribution < -0.4 is 9.47 Å². The summed E-state index contributed by atoms with van der Waals surface area (Å²) in [7, 11) is 6.44. The number of Topliss-reactive ketones (excluding diaryl/α,β-unsaturated/α-hetero) is 1. The molecule has 0 atom stereocenters. The van der Waals surface area contributed by atoms with Gasteiger partial charge in [-0.3, -0.25) is 4.79 Å². The monoisotopic (exact) mass is 433 g/mol. The predicted octanol–water partition coefficient (Wildman–Crippen LogP) is 2.50. The highest BCUT2D eigenvalue weighted by Gasteiger charge is 2.25. The molecule has 0 heterocycles. The zero-order valence-corrected chi connectivity index (χ0v) is 16.0. The molecule has 6 nitrogen and oxygen atoms in total. The molecule has 7 heteroatoms. The Labute approximate surface area is 149 Å². The van der Waals surface area contributed by atoms with Gasteiger partial charge in [0.1, 0.15) is 17.1 Å². The van der Waals surface area contributed by atoms with Crippen LogP contribution in [0.3, 0.4) is 0 Å². The third kappa shape index (κ3) is 4.85. The number of benzene rings is 1. The molecule has 0 radical (unpaired) electrons. The lowest BCUT2D eigenvalue weighted by atomic mass is 10.0. The van der Waals surface area contributed by atoms with Crippen molar-refractivity contribution < 1.29 is 23.8 Å². The van der Waals surface area contributed by atoms with Gasteiger partial charge in [0.05, 0.1) is 30.0 Å². The van der Waals surface area contributed by atoms with Crippen molar-refractivity contribution in [1.29, 1.82) is 0 Å². The van der Waals surface area contributed by atoms with E-state index in [9.17, 15) is 9.59 Å². The van der Waals surface area contributed by atoms with Gasteiger partial charge in [-0.25, -0.2) is 4.79 Å². The smallest absolute Gasteiger partial charge is 0.343 e. The maximum atomic E-state index is 12.8. The summed E-state index contributed by atoms with van der Waals surface area (Å²) in [6.07, 6.45) is 1.44. The Morgan fingerprint density at radius 1 is 1.17 bits per heavy atom. The Morgan fingerprint density at radius 3 is 2.26 bits per heavy atom. The number of esters is 1. The van der Waals surface area contributed by atoms with E-state index in [2.05, 4.69) is 22.6 Å². The third-order valence-corrected chi connectivity index (χ3v) is 3.69. The van der Waals surface area contributed by atoms with Crippen LogP contribution in [0.5, 0.6) is 11.5 Å². The summed E-state index contributed by atoms with van der Waals surface area (Å²) < 4.78 is 16.2. The molecule has 1 rings (SSSR count). The third-order valence-electron chi connectivity index (χ3n) is 2.85. The SMILES string of the molecule is CCOC(=O)C(=CN(C)C)C(=O)c1cc(I)c(OC)cc1OC. The maximum absolute atomic E-state index is 12.8. The van der Waals surface area contributed by atoms with Gasteiger partial charge in [0.2, 0.25) is 5.78 Å². The average Bonchev–Trinajstić information content (AvgIpc) is 2.51. The van der Waals surface area contributed by atoms with Crippen LogP contribution in [-0.2, 0) is 9.53 Å². The van der Waals surface area contributed by atoms with Gasteiger partial charge in [-0.15, -0.1) is 0 Å². The van der Waals surface area contributed by atoms with Gasteiger partial charge in [0, 0.05) is 26.4 Å². The molecule has 0 aliphatic rings. The summed E-state index contributed by atoms with van der Waals surface area (Å²) >= 11 is 2.06. The minimum Gasteiger partial charge on any atom is -0.496 e. The van der Waals surface area contributed by atoms with Crippen molar-refractivity contribution in [2.24, 2.45) is 0 Å². The lowest BCUT2D eigenvalue weighted by molar-refractivity contribution is -0.138. The molecule has 0 aliphatic carbocycles. The molecule has 1 aromatic carbocycles. The lowest BCUT2D eigenvalue weighted by Crippen LogP contribution is -2.20. The van der Waals surface area contributed by atoms with E-state index in [0.717, 1.165) is 3.57 Å². The molecule has 0 saturated carbocycles. The number of hydrogen-bond acceptors (Lipinski definition) is 6. The van der Waals surface area contributed by atoms with Gasteiger partial charge >= 0.3 is 5.97 Å². The van der Waals surface area contributed by atoms with E-state index in [1.807, 2.05) is 0 Å². The number of nitrogens with zero attached hydrogens (tertiary/aromatic N) is 1. The second kappa shape index (κ2) is 8.76. The lowest BCUT2D eigenvalue weighted by Gasteiger charge is -2.14. The summed E-state index contributed by atoms with van der Waals surface area (Å²) in [5.41, 5.74) is 0.218. The molecule has 0 amide bonds. The molecule has 0 aliphatic heterocycles. The van der Waals surface area contributed by atoms with Crippen LogP contribution in [0, 0.1) is 3.57 Å².